The summed E-state index contributed by atoms with van der Waals surface area (Å²) in [4.78, 5) is 24.4. The van der Waals surface area contributed by atoms with Gasteiger partial charge in [-0.05, 0) is 42.3 Å². The molecule has 2 aromatic carbocycles. The van der Waals surface area contributed by atoms with E-state index < -0.39 is 0 Å². The van der Waals surface area contributed by atoms with E-state index in [-0.39, 0.29) is 18.6 Å². The molecule has 2 N–H and O–H groups in total. The van der Waals surface area contributed by atoms with Crippen LogP contribution in [0.5, 0.6) is 11.5 Å². The highest BCUT2D eigenvalue weighted by Crippen LogP contribution is 2.32. The molecule has 6 heteroatoms. The van der Waals surface area contributed by atoms with E-state index in [4.69, 9.17) is 9.47 Å². The van der Waals surface area contributed by atoms with E-state index in [1.165, 1.54) is 6.08 Å². The summed E-state index contributed by atoms with van der Waals surface area (Å²) in [6, 6.07) is 12.4. The van der Waals surface area contributed by atoms with Crippen molar-refractivity contribution in [2.24, 2.45) is 0 Å². The van der Waals surface area contributed by atoms with Crippen LogP contribution in [0.1, 0.15) is 29.3 Å². The molecule has 3 rings (SSSR count). The molecule has 0 saturated carbocycles. The van der Waals surface area contributed by atoms with Crippen molar-refractivity contribution in [3.63, 3.8) is 0 Å². The topological polar surface area (TPSA) is 76.7 Å². The number of nitrogens with one attached hydrogen (secondary N) is 2. The third-order valence-corrected chi connectivity index (χ3v) is 3.79. The number of para-hydroxylation sites is 1. The molecule has 0 unspecified atom stereocenters. The lowest BCUT2D eigenvalue weighted by Crippen LogP contribution is -2.25. The molecule has 0 fully saturated rings. The normalized spacial score (nSPS) is 12.2. The first-order chi connectivity index (χ1) is 12.7. The summed E-state index contributed by atoms with van der Waals surface area (Å²) in [5.74, 6) is 0.824. The van der Waals surface area contributed by atoms with Crippen LogP contribution in [0, 0.1) is 0 Å². The van der Waals surface area contributed by atoms with E-state index in [1.807, 2.05) is 13.0 Å². The Morgan fingerprint density at radius 1 is 1.12 bits per heavy atom. The molecule has 26 heavy (non-hydrogen) atoms. The lowest BCUT2D eigenvalue weighted by Gasteiger charge is -2.10. The highest BCUT2D eigenvalue weighted by atomic mass is 16.7. The first-order valence-electron chi connectivity index (χ1n) is 8.43. The number of fused-ring (bicyclic) bond motifs is 1. The molecule has 1 heterocycles. The molecule has 0 radical (unpaired) electrons. The summed E-state index contributed by atoms with van der Waals surface area (Å²) in [7, 11) is 0. The SMILES string of the molecule is CCCNC(=O)c1ccccc1NC(=O)/C=C/c1ccc2c(c1)OCO2. The van der Waals surface area contributed by atoms with Gasteiger partial charge < -0.3 is 20.1 Å². The van der Waals surface area contributed by atoms with Crippen LogP contribution >= 0.6 is 0 Å². The Morgan fingerprint density at radius 3 is 2.77 bits per heavy atom. The summed E-state index contributed by atoms with van der Waals surface area (Å²) in [5.41, 5.74) is 1.73. The van der Waals surface area contributed by atoms with Crippen LogP contribution in [0.2, 0.25) is 0 Å². The number of rotatable bonds is 6. The Bertz CT molecular complexity index is 845. The van der Waals surface area contributed by atoms with Gasteiger partial charge in [-0.2, -0.15) is 0 Å². The predicted molar refractivity (Wildman–Crippen MR) is 99.3 cm³/mol. The molecular formula is C20H20N2O4. The molecule has 0 spiro atoms. The highest BCUT2D eigenvalue weighted by Gasteiger charge is 2.13. The van der Waals surface area contributed by atoms with Crippen LogP contribution < -0.4 is 20.1 Å². The van der Waals surface area contributed by atoms with Gasteiger partial charge in [-0.25, -0.2) is 0 Å². The minimum Gasteiger partial charge on any atom is -0.454 e. The zero-order valence-electron chi connectivity index (χ0n) is 14.5. The lowest BCUT2D eigenvalue weighted by atomic mass is 10.1. The summed E-state index contributed by atoms with van der Waals surface area (Å²) >= 11 is 0. The first kappa shape index (κ1) is 17.5. The van der Waals surface area contributed by atoms with E-state index in [0.29, 0.717) is 29.3 Å². The van der Waals surface area contributed by atoms with Gasteiger partial charge in [0.25, 0.3) is 5.91 Å². The average molecular weight is 352 g/mol. The molecule has 1 aliphatic rings. The van der Waals surface area contributed by atoms with Crippen LogP contribution in [0.4, 0.5) is 5.69 Å². The lowest BCUT2D eigenvalue weighted by molar-refractivity contribution is -0.111. The fourth-order valence-electron chi connectivity index (χ4n) is 2.49. The Labute approximate surface area is 151 Å². The molecule has 1 aliphatic heterocycles. The summed E-state index contributed by atoms with van der Waals surface area (Å²) in [6.07, 6.45) is 3.94. The number of hydrogen-bond acceptors (Lipinski definition) is 4. The van der Waals surface area contributed by atoms with Crippen molar-refractivity contribution >= 4 is 23.6 Å². The molecule has 6 nitrogen and oxygen atoms in total. The van der Waals surface area contributed by atoms with E-state index in [0.717, 1.165) is 12.0 Å². The summed E-state index contributed by atoms with van der Waals surface area (Å²) in [5, 5.41) is 5.56. The van der Waals surface area contributed by atoms with Crippen molar-refractivity contribution in [2.45, 2.75) is 13.3 Å². The van der Waals surface area contributed by atoms with E-state index >= 15 is 0 Å². The fraction of sp³-hybridized carbons (Fsp3) is 0.200. The molecule has 0 bridgehead atoms. The van der Waals surface area contributed by atoms with Gasteiger partial charge >= 0.3 is 0 Å². The Kier molecular flexibility index (Phi) is 5.53. The van der Waals surface area contributed by atoms with Crippen LogP contribution in [-0.2, 0) is 4.79 Å². The fourth-order valence-corrected chi connectivity index (χ4v) is 2.49. The van der Waals surface area contributed by atoms with Crippen LogP contribution in [-0.4, -0.2) is 25.2 Å². The van der Waals surface area contributed by atoms with Crippen LogP contribution in [0.3, 0.4) is 0 Å². The zero-order chi connectivity index (χ0) is 18.4. The van der Waals surface area contributed by atoms with Crippen molar-refractivity contribution in [1.29, 1.82) is 0 Å². The molecule has 0 aliphatic carbocycles. The molecule has 2 aromatic rings. The average Bonchev–Trinajstić information content (AvgIpc) is 3.12. The zero-order valence-corrected chi connectivity index (χ0v) is 14.5. The van der Waals surface area contributed by atoms with E-state index in [1.54, 1.807) is 42.5 Å². The van der Waals surface area contributed by atoms with Crippen molar-refractivity contribution in [1.82, 2.24) is 5.32 Å². The molecule has 134 valence electrons. The van der Waals surface area contributed by atoms with Gasteiger partial charge in [-0.1, -0.05) is 25.1 Å². The second-order valence-electron chi connectivity index (χ2n) is 5.74. The maximum atomic E-state index is 12.2. The summed E-state index contributed by atoms with van der Waals surface area (Å²) < 4.78 is 10.6. The Balaban J connectivity index is 1.67. The van der Waals surface area contributed by atoms with Gasteiger partial charge in [0.2, 0.25) is 12.7 Å². The third kappa shape index (κ3) is 4.22. The number of carbonyl (C=O) groups is 2. The largest absolute Gasteiger partial charge is 0.454 e. The second-order valence-corrected chi connectivity index (χ2v) is 5.74. The third-order valence-electron chi connectivity index (χ3n) is 3.79. The second kappa shape index (κ2) is 8.20. The van der Waals surface area contributed by atoms with Gasteiger partial charge in [-0.15, -0.1) is 0 Å². The smallest absolute Gasteiger partial charge is 0.253 e. The standard InChI is InChI=1S/C20H20N2O4/c1-2-11-21-20(24)15-5-3-4-6-16(15)22-19(23)10-8-14-7-9-17-18(12-14)26-13-25-17/h3-10,12H,2,11,13H2,1H3,(H,21,24)(H,22,23)/b10-8+. The van der Waals surface area contributed by atoms with Gasteiger partial charge in [0, 0.05) is 12.6 Å². The molecule has 0 atom stereocenters. The number of carbonyl (C=O) groups excluding carboxylic acids is 2. The van der Waals surface area contributed by atoms with Crippen molar-refractivity contribution < 1.29 is 19.1 Å². The predicted octanol–water partition coefficient (Wildman–Crippen LogP) is 3.21. The number of anilines is 1. The molecule has 0 saturated heterocycles. The first-order valence-corrected chi connectivity index (χ1v) is 8.43. The molecule has 2 amide bonds. The Hall–Kier alpha value is -3.28. The van der Waals surface area contributed by atoms with Gasteiger partial charge in [0.15, 0.2) is 11.5 Å². The minimum absolute atomic E-state index is 0.206. The number of ether oxygens (including phenoxy) is 2. The van der Waals surface area contributed by atoms with Crippen molar-refractivity contribution in [3.05, 3.63) is 59.7 Å². The monoisotopic (exact) mass is 352 g/mol. The number of benzene rings is 2. The molecular weight excluding hydrogens is 332 g/mol. The highest BCUT2D eigenvalue weighted by molar-refractivity contribution is 6.07. The number of hydrogen-bond donors (Lipinski definition) is 2. The number of amides is 2. The van der Waals surface area contributed by atoms with Gasteiger partial charge in [-0.3, -0.25) is 9.59 Å². The van der Waals surface area contributed by atoms with Gasteiger partial charge in [0.1, 0.15) is 0 Å². The van der Waals surface area contributed by atoms with E-state index in [9.17, 15) is 9.59 Å². The maximum Gasteiger partial charge on any atom is 0.253 e. The van der Waals surface area contributed by atoms with Crippen molar-refractivity contribution in [3.8, 4) is 11.5 Å². The Morgan fingerprint density at radius 2 is 1.92 bits per heavy atom. The van der Waals surface area contributed by atoms with Crippen LogP contribution in [0.15, 0.2) is 48.5 Å². The minimum atomic E-state index is -0.321. The maximum absolute atomic E-state index is 12.2. The van der Waals surface area contributed by atoms with Crippen LogP contribution in [0.25, 0.3) is 6.08 Å². The van der Waals surface area contributed by atoms with E-state index in [2.05, 4.69) is 10.6 Å². The quantitative estimate of drug-likeness (QED) is 0.783. The summed E-state index contributed by atoms with van der Waals surface area (Å²) in [6.45, 7) is 2.78. The van der Waals surface area contributed by atoms with Crippen molar-refractivity contribution in [2.75, 3.05) is 18.7 Å². The molecule has 0 aromatic heterocycles. The van der Waals surface area contributed by atoms with Gasteiger partial charge in [0.05, 0.1) is 11.3 Å².